The summed E-state index contributed by atoms with van der Waals surface area (Å²) in [6, 6.07) is 3.99. The van der Waals surface area contributed by atoms with Crippen LogP contribution >= 0.6 is 0 Å². The molecule has 0 aliphatic heterocycles. The summed E-state index contributed by atoms with van der Waals surface area (Å²) in [5.41, 5.74) is 1.08. The van der Waals surface area contributed by atoms with Gasteiger partial charge in [0.2, 0.25) is 5.91 Å². The highest BCUT2D eigenvalue weighted by Crippen LogP contribution is 2.20. The molecule has 1 N–H and O–H groups in total. The number of amides is 1. The van der Waals surface area contributed by atoms with Gasteiger partial charge in [-0.2, -0.15) is 0 Å². The van der Waals surface area contributed by atoms with Gasteiger partial charge in [-0.25, -0.2) is 0 Å². The Morgan fingerprint density at radius 1 is 1.42 bits per heavy atom. The zero-order valence-corrected chi connectivity index (χ0v) is 12.4. The lowest BCUT2D eigenvalue weighted by Crippen LogP contribution is -2.31. The van der Waals surface area contributed by atoms with Crippen molar-refractivity contribution in [2.45, 2.75) is 32.7 Å². The quantitative estimate of drug-likeness (QED) is 0.820. The Hall–Kier alpha value is -1.42. The van der Waals surface area contributed by atoms with Crippen molar-refractivity contribution in [1.82, 2.24) is 15.2 Å². The Bertz CT molecular complexity index is 376. The molecule has 106 valence electrons. The van der Waals surface area contributed by atoms with E-state index in [0.717, 1.165) is 18.5 Å². The van der Waals surface area contributed by atoms with Crippen LogP contribution in [0, 0.1) is 5.92 Å². The van der Waals surface area contributed by atoms with Crippen molar-refractivity contribution >= 4 is 5.91 Å². The molecule has 1 amide bonds. The molecule has 1 heterocycles. The molecule has 0 radical (unpaired) electrons. The normalized spacial score (nSPS) is 12.7. The van der Waals surface area contributed by atoms with Crippen molar-refractivity contribution < 1.29 is 4.79 Å². The van der Waals surface area contributed by atoms with Gasteiger partial charge in [0.1, 0.15) is 0 Å². The molecule has 0 aliphatic carbocycles. The lowest BCUT2D eigenvalue weighted by molar-refractivity contribution is -0.122. The maximum atomic E-state index is 12.0. The summed E-state index contributed by atoms with van der Waals surface area (Å²) in [5.74, 6) is 0.627. The van der Waals surface area contributed by atoms with Crippen LogP contribution in [0.1, 0.15) is 38.3 Å². The molecule has 4 heteroatoms. The number of nitrogens with zero attached hydrogens (tertiary/aromatic N) is 2. The molecule has 1 aromatic heterocycles. The highest BCUT2D eigenvalue weighted by atomic mass is 16.1. The van der Waals surface area contributed by atoms with E-state index in [9.17, 15) is 4.79 Å². The second kappa shape index (κ2) is 7.89. The molecular formula is C15H25N3O. The van der Waals surface area contributed by atoms with E-state index in [-0.39, 0.29) is 11.9 Å². The smallest absolute Gasteiger partial charge is 0.221 e. The average Bonchev–Trinajstić information content (AvgIpc) is 2.36. The third-order valence-electron chi connectivity index (χ3n) is 2.92. The van der Waals surface area contributed by atoms with E-state index in [2.05, 4.69) is 24.1 Å². The number of carbonyl (C=O) groups is 1. The first-order valence-electron chi connectivity index (χ1n) is 6.83. The van der Waals surface area contributed by atoms with Gasteiger partial charge in [-0.1, -0.05) is 19.9 Å². The number of rotatable bonds is 7. The van der Waals surface area contributed by atoms with E-state index in [0.29, 0.717) is 12.3 Å². The second-order valence-corrected chi connectivity index (χ2v) is 5.59. The summed E-state index contributed by atoms with van der Waals surface area (Å²) in [5, 5.41) is 3.11. The Morgan fingerprint density at radius 3 is 2.68 bits per heavy atom. The van der Waals surface area contributed by atoms with Crippen LogP contribution in [0.25, 0.3) is 0 Å². The molecule has 1 aromatic rings. The molecule has 0 saturated carbocycles. The van der Waals surface area contributed by atoms with Crippen LogP contribution in [-0.2, 0) is 4.79 Å². The topological polar surface area (TPSA) is 45.2 Å². The van der Waals surface area contributed by atoms with Crippen LogP contribution in [0.15, 0.2) is 24.5 Å². The molecule has 4 nitrogen and oxygen atoms in total. The Balaban J connectivity index is 2.62. The highest BCUT2D eigenvalue weighted by Gasteiger charge is 2.16. The van der Waals surface area contributed by atoms with Crippen LogP contribution in [0.4, 0.5) is 0 Å². The molecule has 0 fully saturated rings. The van der Waals surface area contributed by atoms with Gasteiger partial charge in [-0.05, 0) is 38.1 Å². The van der Waals surface area contributed by atoms with Crippen LogP contribution in [0.2, 0.25) is 0 Å². The fraction of sp³-hybridized carbons (Fsp3) is 0.600. The minimum Gasteiger partial charge on any atom is -0.349 e. The largest absolute Gasteiger partial charge is 0.349 e. The summed E-state index contributed by atoms with van der Waals surface area (Å²) in [7, 11) is 3.94. The van der Waals surface area contributed by atoms with Crippen molar-refractivity contribution in [3.8, 4) is 0 Å². The van der Waals surface area contributed by atoms with Crippen molar-refractivity contribution in [2.24, 2.45) is 5.92 Å². The second-order valence-electron chi connectivity index (χ2n) is 5.59. The molecule has 0 aliphatic rings. The fourth-order valence-corrected chi connectivity index (χ4v) is 1.92. The summed E-state index contributed by atoms with van der Waals surface area (Å²) in [6.45, 7) is 5.10. The number of hydrogen-bond acceptors (Lipinski definition) is 3. The lowest BCUT2D eigenvalue weighted by atomic mass is 9.98. The molecule has 0 bridgehead atoms. The van der Waals surface area contributed by atoms with E-state index < -0.39 is 0 Å². The molecule has 1 unspecified atom stereocenters. The third-order valence-corrected chi connectivity index (χ3v) is 2.92. The van der Waals surface area contributed by atoms with Crippen molar-refractivity contribution in [2.75, 3.05) is 20.6 Å². The molecule has 0 spiro atoms. The van der Waals surface area contributed by atoms with Crippen LogP contribution in [0.5, 0.6) is 0 Å². The Kier molecular flexibility index (Phi) is 6.50. The first-order chi connectivity index (χ1) is 8.99. The van der Waals surface area contributed by atoms with Crippen molar-refractivity contribution in [3.63, 3.8) is 0 Å². The third kappa shape index (κ3) is 6.34. The van der Waals surface area contributed by atoms with Gasteiger partial charge in [-0.15, -0.1) is 0 Å². The monoisotopic (exact) mass is 263 g/mol. The van der Waals surface area contributed by atoms with Crippen LogP contribution in [0.3, 0.4) is 0 Å². The predicted octanol–water partition coefficient (Wildman–Crippen LogP) is 2.24. The number of aromatic nitrogens is 1. The molecule has 19 heavy (non-hydrogen) atoms. The van der Waals surface area contributed by atoms with E-state index in [1.54, 1.807) is 6.20 Å². The zero-order chi connectivity index (χ0) is 14.3. The first-order valence-corrected chi connectivity index (χ1v) is 6.83. The molecule has 1 atom stereocenters. The van der Waals surface area contributed by atoms with Gasteiger partial charge in [-0.3, -0.25) is 9.78 Å². The highest BCUT2D eigenvalue weighted by molar-refractivity contribution is 5.76. The summed E-state index contributed by atoms with van der Waals surface area (Å²) >= 11 is 0. The van der Waals surface area contributed by atoms with E-state index in [4.69, 9.17) is 0 Å². The molecule has 0 saturated heterocycles. The maximum absolute atomic E-state index is 12.0. The summed E-state index contributed by atoms with van der Waals surface area (Å²) in [4.78, 5) is 18.1. The number of nitrogens with one attached hydrogen (secondary N) is 1. The number of carbonyl (C=O) groups excluding carboxylic acids is 1. The first kappa shape index (κ1) is 15.6. The number of hydrogen-bond donors (Lipinski definition) is 1. The Morgan fingerprint density at radius 2 is 2.16 bits per heavy atom. The maximum Gasteiger partial charge on any atom is 0.221 e. The average molecular weight is 263 g/mol. The van der Waals surface area contributed by atoms with Crippen LogP contribution in [-0.4, -0.2) is 36.4 Å². The van der Waals surface area contributed by atoms with Gasteiger partial charge in [0.05, 0.1) is 6.04 Å². The van der Waals surface area contributed by atoms with Gasteiger partial charge < -0.3 is 10.2 Å². The van der Waals surface area contributed by atoms with E-state index in [1.165, 1.54) is 0 Å². The lowest BCUT2D eigenvalue weighted by Gasteiger charge is -2.21. The molecule has 0 aromatic carbocycles. The minimum atomic E-state index is 0.0587. The van der Waals surface area contributed by atoms with E-state index >= 15 is 0 Å². The Labute approximate surface area is 116 Å². The summed E-state index contributed by atoms with van der Waals surface area (Å²) < 4.78 is 0. The van der Waals surface area contributed by atoms with E-state index in [1.807, 2.05) is 37.3 Å². The zero-order valence-electron chi connectivity index (χ0n) is 12.4. The summed E-state index contributed by atoms with van der Waals surface area (Å²) in [6.07, 6.45) is 5.05. The van der Waals surface area contributed by atoms with Gasteiger partial charge in [0, 0.05) is 25.4 Å². The fourth-order valence-electron chi connectivity index (χ4n) is 1.92. The SMILES string of the molecule is CC(C)CC(NC(=O)CCN(C)C)c1cccnc1. The van der Waals surface area contributed by atoms with Gasteiger partial charge >= 0.3 is 0 Å². The standard InChI is InChI=1S/C15H25N3O/c1-12(2)10-14(13-6-5-8-16-11-13)17-15(19)7-9-18(3)4/h5-6,8,11-12,14H,7,9-10H2,1-4H3,(H,17,19). The minimum absolute atomic E-state index is 0.0587. The molecular weight excluding hydrogens is 238 g/mol. The van der Waals surface area contributed by atoms with Crippen LogP contribution < -0.4 is 5.32 Å². The number of pyridine rings is 1. The van der Waals surface area contributed by atoms with Gasteiger partial charge in [0.15, 0.2) is 0 Å². The van der Waals surface area contributed by atoms with Gasteiger partial charge in [0.25, 0.3) is 0 Å². The van der Waals surface area contributed by atoms with Crippen molar-refractivity contribution in [1.29, 1.82) is 0 Å². The molecule has 1 rings (SSSR count). The predicted molar refractivity (Wildman–Crippen MR) is 77.7 cm³/mol. The van der Waals surface area contributed by atoms with Crippen molar-refractivity contribution in [3.05, 3.63) is 30.1 Å².